The number of amides is 2. The molecule has 0 spiro atoms. The van der Waals surface area contributed by atoms with Crippen LogP contribution in [0.15, 0.2) is 34.2 Å². The Hall–Kier alpha value is -3.04. The number of thiazole rings is 1. The number of rotatable bonds is 8. The second-order valence-electron chi connectivity index (χ2n) is 8.83. The third-order valence-electron chi connectivity index (χ3n) is 6.14. The van der Waals surface area contributed by atoms with Crippen molar-refractivity contribution in [1.29, 1.82) is 0 Å². The number of nitrogens with one attached hydrogen (secondary N) is 2. The molecule has 0 bridgehead atoms. The number of hydrogen-bond donors (Lipinski definition) is 2. The van der Waals surface area contributed by atoms with Crippen LogP contribution < -0.4 is 10.6 Å². The van der Waals surface area contributed by atoms with Crippen LogP contribution in [0.4, 0.5) is 5.69 Å². The summed E-state index contributed by atoms with van der Waals surface area (Å²) in [6.45, 7) is 5.92. The van der Waals surface area contributed by atoms with Crippen LogP contribution in [0.1, 0.15) is 41.3 Å². The molecule has 8 nitrogen and oxygen atoms in total. The topological polar surface area (TPSA) is 100 Å². The molecule has 2 amide bonds. The van der Waals surface area contributed by atoms with E-state index in [0.717, 1.165) is 47.8 Å². The average Bonchev–Trinajstić information content (AvgIpc) is 3.41. The number of benzene rings is 1. The molecule has 0 saturated carbocycles. The molecular formula is C25H31N5O3S. The number of hydrogen-bond acceptors (Lipinski definition) is 7. The first kappa shape index (κ1) is 24.1. The summed E-state index contributed by atoms with van der Waals surface area (Å²) in [5, 5.41) is 5.96. The van der Waals surface area contributed by atoms with Crippen LogP contribution in [0, 0.1) is 19.8 Å². The Morgan fingerprint density at radius 3 is 2.91 bits per heavy atom. The minimum atomic E-state index is -0.0326. The molecular weight excluding hydrogens is 450 g/mol. The Balaban J connectivity index is 1.34. The maximum Gasteiger partial charge on any atom is 0.228 e. The number of aromatic nitrogens is 2. The van der Waals surface area contributed by atoms with Crippen molar-refractivity contribution in [3.63, 3.8) is 0 Å². The summed E-state index contributed by atoms with van der Waals surface area (Å²) in [6, 6.07) is 7.51. The van der Waals surface area contributed by atoms with E-state index in [-0.39, 0.29) is 17.7 Å². The minimum absolute atomic E-state index is 0.00148. The number of piperidine rings is 1. The van der Waals surface area contributed by atoms with Gasteiger partial charge in [-0.1, -0.05) is 6.07 Å². The van der Waals surface area contributed by atoms with Gasteiger partial charge in [0.2, 0.25) is 17.7 Å². The fraction of sp³-hybridized carbons (Fsp3) is 0.440. The fourth-order valence-corrected chi connectivity index (χ4v) is 4.92. The van der Waals surface area contributed by atoms with E-state index in [2.05, 4.69) is 25.5 Å². The molecule has 1 aliphatic heterocycles. The summed E-state index contributed by atoms with van der Waals surface area (Å²) in [5.41, 5.74) is 4.98. The minimum Gasteiger partial charge on any atom is -0.441 e. The number of nitrogens with zero attached hydrogens (tertiary/aromatic N) is 3. The Kier molecular flexibility index (Phi) is 7.74. The highest BCUT2D eigenvalue weighted by molar-refractivity contribution is 7.09. The largest absolute Gasteiger partial charge is 0.441 e. The van der Waals surface area contributed by atoms with Crippen LogP contribution in [0.5, 0.6) is 0 Å². The lowest BCUT2D eigenvalue weighted by Gasteiger charge is -2.28. The molecule has 1 saturated heterocycles. The summed E-state index contributed by atoms with van der Waals surface area (Å²) < 4.78 is 5.87. The molecule has 3 aromatic rings. The number of carbonyl (C=O) groups is 2. The Bertz CT molecular complexity index is 1160. The lowest BCUT2D eigenvalue weighted by atomic mass is 9.97. The SMILES string of the molecule is Cc1ncsc1CCC(=O)NCc1nc(-c2cccc(NC(=O)[C@@H]3CCCN(C)C3)c2)oc1C. The van der Waals surface area contributed by atoms with E-state index >= 15 is 0 Å². The van der Waals surface area contributed by atoms with Crippen molar-refractivity contribution in [1.82, 2.24) is 20.2 Å². The van der Waals surface area contributed by atoms with Gasteiger partial charge in [-0.05, 0) is 64.9 Å². The van der Waals surface area contributed by atoms with Gasteiger partial charge in [0.25, 0.3) is 0 Å². The molecule has 0 aliphatic carbocycles. The van der Waals surface area contributed by atoms with E-state index in [1.807, 2.05) is 45.2 Å². The first-order valence-corrected chi connectivity index (χ1v) is 12.5. The number of anilines is 1. The molecule has 2 aromatic heterocycles. The van der Waals surface area contributed by atoms with Crippen molar-refractivity contribution in [2.75, 3.05) is 25.5 Å². The molecule has 1 fully saturated rings. The van der Waals surface area contributed by atoms with Crippen LogP contribution in [0.2, 0.25) is 0 Å². The highest BCUT2D eigenvalue weighted by Crippen LogP contribution is 2.25. The maximum atomic E-state index is 12.7. The van der Waals surface area contributed by atoms with Crippen molar-refractivity contribution < 1.29 is 14.0 Å². The van der Waals surface area contributed by atoms with Crippen molar-refractivity contribution in [2.45, 2.75) is 46.1 Å². The van der Waals surface area contributed by atoms with E-state index in [4.69, 9.17) is 4.42 Å². The second kappa shape index (κ2) is 10.9. The van der Waals surface area contributed by atoms with Gasteiger partial charge < -0.3 is 20.0 Å². The van der Waals surface area contributed by atoms with E-state index in [0.29, 0.717) is 36.7 Å². The highest BCUT2D eigenvalue weighted by atomic mass is 32.1. The van der Waals surface area contributed by atoms with Gasteiger partial charge in [0, 0.05) is 29.1 Å². The monoisotopic (exact) mass is 481 g/mol. The first-order valence-electron chi connectivity index (χ1n) is 11.6. The Morgan fingerprint density at radius 2 is 2.15 bits per heavy atom. The zero-order valence-electron chi connectivity index (χ0n) is 19.9. The van der Waals surface area contributed by atoms with Gasteiger partial charge in [-0.15, -0.1) is 11.3 Å². The summed E-state index contributed by atoms with van der Waals surface area (Å²) in [5.74, 6) is 1.14. The normalized spacial score (nSPS) is 16.4. The summed E-state index contributed by atoms with van der Waals surface area (Å²) in [7, 11) is 2.05. The van der Waals surface area contributed by atoms with Gasteiger partial charge in [0.1, 0.15) is 11.5 Å². The highest BCUT2D eigenvalue weighted by Gasteiger charge is 2.24. The second-order valence-corrected chi connectivity index (χ2v) is 9.77. The Labute approximate surface area is 203 Å². The summed E-state index contributed by atoms with van der Waals surface area (Å²) >= 11 is 1.58. The molecule has 1 aromatic carbocycles. The molecule has 3 heterocycles. The number of carbonyl (C=O) groups excluding carboxylic acids is 2. The predicted molar refractivity (Wildman–Crippen MR) is 133 cm³/mol. The molecule has 180 valence electrons. The lowest BCUT2D eigenvalue weighted by molar-refractivity contribution is -0.122. The quantitative estimate of drug-likeness (QED) is 0.505. The Morgan fingerprint density at radius 1 is 1.29 bits per heavy atom. The van der Waals surface area contributed by atoms with E-state index in [9.17, 15) is 9.59 Å². The van der Waals surface area contributed by atoms with Gasteiger partial charge in [-0.3, -0.25) is 9.59 Å². The molecule has 9 heteroatoms. The molecule has 0 radical (unpaired) electrons. The van der Waals surface area contributed by atoms with Crippen molar-refractivity contribution in [3.8, 4) is 11.5 Å². The van der Waals surface area contributed by atoms with Gasteiger partial charge in [0.15, 0.2) is 0 Å². The zero-order chi connectivity index (χ0) is 24.1. The van der Waals surface area contributed by atoms with Gasteiger partial charge in [0.05, 0.1) is 23.7 Å². The first-order chi connectivity index (χ1) is 16.4. The third kappa shape index (κ3) is 6.09. The molecule has 4 rings (SSSR count). The summed E-state index contributed by atoms with van der Waals surface area (Å²) in [6.07, 6.45) is 3.04. The number of oxazole rings is 1. The number of likely N-dealkylation sites (tertiary alicyclic amines) is 1. The predicted octanol–water partition coefficient (Wildman–Crippen LogP) is 3.94. The van der Waals surface area contributed by atoms with Gasteiger partial charge >= 0.3 is 0 Å². The van der Waals surface area contributed by atoms with Crippen molar-refractivity contribution >= 4 is 28.8 Å². The van der Waals surface area contributed by atoms with Crippen molar-refractivity contribution in [3.05, 3.63) is 51.8 Å². The number of aryl methyl sites for hydroxylation is 3. The van der Waals surface area contributed by atoms with Crippen LogP contribution in [-0.2, 0) is 22.6 Å². The zero-order valence-corrected chi connectivity index (χ0v) is 20.7. The van der Waals surface area contributed by atoms with Crippen LogP contribution in [0.25, 0.3) is 11.5 Å². The van der Waals surface area contributed by atoms with E-state index in [1.165, 1.54) is 0 Å². The molecule has 34 heavy (non-hydrogen) atoms. The van der Waals surface area contributed by atoms with Crippen LogP contribution >= 0.6 is 11.3 Å². The van der Waals surface area contributed by atoms with E-state index in [1.54, 1.807) is 16.8 Å². The molecule has 1 aliphatic rings. The molecule has 0 unspecified atom stereocenters. The van der Waals surface area contributed by atoms with Crippen LogP contribution in [0.3, 0.4) is 0 Å². The summed E-state index contributed by atoms with van der Waals surface area (Å²) in [4.78, 5) is 37.1. The average molecular weight is 482 g/mol. The lowest BCUT2D eigenvalue weighted by Crippen LogP contribution is -2.38. The van der Waals surface area contributed by atoms with Gasteiger partial charge in [-0.2, -0.15) is 0 Å². The van der Waals surface area contributed by atoms with Crippen LogP contribution in [-0.4, -0.2) is 46.8 Å². The standard InChI is InChI=1S/C25H31N5O3S/c1-16-22(34-15-27-16)9-10-23(31)26-13-21-17(2)33-25(29-21)18-6-4-8-20(12-18)28-24(32)19-7-5-11-30(3)14-19/h4,6,8,12,15,19H,5,7,9-11,13-14H2,1-3H3,(H,26,31)(H,28,32)/t19-/m1/s1. The molecule has 2 N–H and O–H groups in total. The molecule has 1 atom stereocenters. The van der Waals surface area contributed by atoms with E-state index < -0.39 is 0 Å². The van der Waals surface area contributed by atoms with Gasteiger partial charge in [-0.25, -0.2) is 9.97 Å². The smallest absolute Gasteiger partial charge is 0.228 e. The fourth-order valence-electron chi connectivity index (χ4n) is 4.13. The van der Waals surface area contributed by atoms with Crippen molar-refractivity contribution in [2.24, 2.45) is 5.92 Å². The third-order valence-corrected chi connectivity index (χ3v) is 7.14. The maximum absolute atomic E-state index is 12.7.